The van der Waals surface area contributed by atoms with E-state index in [1.165, 1.54) is 0 Å². The van der Waals surface area contributed by atoms with Gasteiger partial charge in [0.1, 0.15) is 17.1 Å². The molecule has 0 aliphatic heterocycles. The van der Waals surface area contributed by atoms with E-state index in [0.29, 0.717) is 17.2 Å². The highest BCUT2D eigenvalue weighted by Gasteiger charge is 2.12. The molecule has 3 rings (SSSR count). The molecule has 0 aliphatic carbocycles. The van der Waals surface area contributed by atoms with Gasteiger partial charge in [0.05, 0.1) is 0 Å². The van der Waals surface area contributed by atoms with Crippen LogP contribution >= 0.6 is 11.6 Å². The van der Waals surface area contributed by atoms with Gasteiger partial charge in [0, 0.05) is 22.9 Å². The van der Waals surface area contributed by atoms with Crippen molar-refractivity contribution in [3.05, 3.63) is 65.4 Å². The molecule has 5 heteroatoms. The predicted molar refractivity (Wildman–Crippen MR) is 94.5 cm³/mol. The number of fused-ring (bicyclic) bond motifs is 1. The summed E-state index contributed by atoms with van der Waals surface area (Å²) in [6, 6.07) is 16.7. The van der Waals surface area contributed by atoms with E-state index in [4.69, 9.17) is 20.8 Å². The van der Waals surface area contributed by atoms with Gasteiger partial charge in [-0.25, -0.2) is 0 Å². The van der Waals surface area contributed by atoms with Crippen molar-refractivity contribution in [2.24, 2.45) is 0 Å². The number of rotatable bonds is 6. The molecule has 0 saturated heterocycles. The van der Waals surface area contributed by atoms with Crippen LogP contribution in [0.3, 0.4) is 0 Å². The molecule has 3 aromatic rings. The summed E-state index contributed by atoms with van der Waals surface area (Å²) in [5, 5.41) is 4.60. The lowest BCUT2D eigenvalue weighted by molar-refractivity contribution is -0.123. The van der Waals surface area contributed by atoms with Crippen LogP contribution in [0.15, 0.2) is 59.0 Å². The molecule has 0 fully saturated rings. The summed E-state index contributed by atoms with van der Waals surface area (Å²) < 4.78 is 11.2. The van der Waals surface area contributed by atoms with Gasteiger partial charge in [-0.2, -0.15) is 0 Å². The van der Waals surface area contributed by atoms with Gasteiger partial charge < -0.3 is 14.5 Å². The average molecular weight is 344 g/mol. The molecule has 0 radical (unpaired) electrons. The Morgan fingerprint density at radius 1 is 1.21 bits per heavy atom. The number of furan rings is 1. The lowest BCUT2D eigenvalue weighted by atomic mass is 10.2. The van der Waals surface area contributed by atoms with Crippen LogP contribution in [-0.2, 0) is 11.2 Å². The minimum absolute atomic E-state index is 0.0356. The SMILES string of the molecule is C[C@H](Cc1cc2ccccc2o1)NC(=O)COc1ccc(Cl)cc1. The van der Waals surface area contributed by atoms with Gasteiger partial charge >= 0.3 is 0 Å². The summed E-state index contributed by atoms with van der Waals surface area (Å²) in [4.78, 5) is 12.0. The molecular weight excluding hydrogens is 326 g/mol. The maximum atomic E-state index is 12.0. The third kappa shape index (κ3) is 4.30. The molecule has 0 aliphatic rings. The first-order valence-corrected chi connectivity index (χ1v) is 8.13. The first-order valence-electron chi connectivity index (χ1n) is 7.75. The number of ether oxygens (including phenoxy) is 1. The zero-order valence-corrected chi connectivity index (χ0v) is 14.0. The quantitative estimate of drug-likeness (QED) is 0.729. The third-order valence-corrected chi connectivity index (χ3v) is 3.83. The molecule has 2 aromatic carbocycles. The first-order chi connectivity index (χ1) is 11.6. The van der Waals surface area contributed by atoms with Crippen molar-refractivity contribution in [1.82, 2.24) is 5.32 Å². The van der Waals surface area contributed by atoms with E-state index in [9.17, 15) is 4.79 Å². The topological polar surface area (TPSA) is 51.5 Å². The van der Waals surface area contributed by atoms with Crippen LogP contribution in [0.5, 0.6) is 5.75 Å². The van der Waals surface area contributed by atoms with Gasteiger partial charge in [0.15, 0.2) is 6.61 Å². The van der Waals surface area contributed by atoms with Crippen molar-refractivity contribution in [3.63, 3.8) is 0 Å². The van der Waals surface area contributed by atoms with Crippen LogP contribution in [0.1, 0.15) is 12.7 Å². The number of carbonyl (C=O) groups is 1. The molecule has 1 amide bonds. The molecule has 124 valence electrons. The fourth-order valence-electron chi connectivity index (χ4n) is 2.49. The van der Waals surface area contributed by atoms with Crippen LogP contribution in [0.25, 0.3) is 11.0 Å². The number of carbonyl (C=O) groups excluding carboxylic acids is 1. The number of nitrogens with one attached hydrogen (secondary N) is 1. The second-order valence-electron chi connectivity index (χ2n) is 5.67. The second kappa shape index (κ2) is 7.41. The molecule has 0 saturated carbocycles. The minimum Gasteiger partial charge on any atom is -0.484 e. The average Bonchev–Trinajstić information content (AvgIpc) is 2.96. The van der Waals surface area contributed by atoms with Gasteiger partial charge in [-0.3, -0.25) is 4.79 Å². The summed E-state index contributed by atoms with van der Waals surface area (Å²) >= 11 is 5.81. The van der Waals surface area contributed by atoms with Gasteiger partial charge in [0.25, 0.3) is 5.91 Å². The van der Waals surface area contributed by atoms with E-state index < -0.39 is 0 Å². The molecule has 0 bridgehead atoms. The largest absolute Gasteiger partial charge is 0.484 e. The summed E-state index contributed by atoms with van der Waals surface area (Å²) in [6.07, 6.45) is 0.626. The van der Waals surface area contributed by atoms with Crippen LogP contribution in [0, 0.1) is 0 Å². The van der Waals surface area contributed by atoms with Crippen molar-refractivity contribution >= 4 is 28.5 Å². The van der Waals surface area contributed by atoms with Crippen molar-refractivity contribution in [2.75, 3.05) is 6.61 Å². The van der Waals surface area contributed by atoms with Crippen LogP contribution in [0.4, 0.5) is 0 Å². The molecule has 1 aromatic heterocycles. The van der Waals surface area contributed by atoms with Gasteiger partial charge in [0.2, 0.25) is 0 Å². The van der Waals surface area contributed by atoms with E-state index in [1.54, 1.807) is 24.3 Å². The van der Waals surface area contributed by atoms with E-state index in [1.807, 2.05) is 37.3 Å². The maximum Gasteiger partial charge on any atom is 0.258 e. The Kier molecular flexibility index (Phi) is 5.06. The van der Waals surface area contributed by atoms with Crippen molar-refractivity contribution < 1.29 is 13.9 Å². The highest BCUT2D eigenvalue weighted by Crippen LogP contribution is 2.20. The molecule has 1 atom stereocenters. The Labute approximate surface area is 145 Å². The number of benzene rings is 2. The fourth-order valence-corrected chi connectivity index (χ4v) is 2.61. The predicted octanol–water partition coefficient (Wildman–Crippen LogP) is 4.21. The molecule has 1 heterocycles. The molecule has 0 unspecified atom stereocenters. The zero-order valence-electron chi connectivity index (χ0n) is 13.3. The van der Waals surface area contributed by atoms with E-state index in [-0.39, 0.29) is 18.6 Å². The van der Waals surface area contributed by atoms with Crippen LogP contribution in [-0.4, -0.2) is 18.6 Å². The minimum atomic E-state index is -0.173. The number of hydrogen-bond donors (Lipinski definition) is 1. The van der Waals surface area contributed by atoms with Crippen LogP contribution < -0.4 is 10.1 Å². The summed E-state index contributed by atoms with van der Waals surface area (Å²) in [5.74, 6) is 1.29. The zero-order chi connectivity index (χ0) is 16.9. The Morgan fingerprint density at radius 2 is 1.96 bits per heavy atom. The molecule has 24 heavy (non-hydrogen) atoms. The smallest absolute Gasteiger partial charge is 0.258 e. The monoisotopic (exact) mass is 343 g/mol. The van der Waals surface area contributed by atoms with Crippen molar-refractivity contribution in [3.8, 4) is 5.75 Å². The third-order valence-electron chi connectivity index (χ3n) is 3.57. The molecular formula is C19H18ClNO3. The highest BCUT2D eigenvalue weighted by atomic mass is 35.5. The Balaban J connectivity index is 1.49. The highest BCUT2D eigenvalue weighted by molar-refractivity contribution is 6.30. The van der Waals surface area contributed by atoms with Crippen molar-refractivity contribution in [2.45, 2.75) is 19.4 Å². The molecule has 0 spiro atoms. The Morgan fingerprint density at radius 3 is 2.71 bits per heavy atom. The molecule has 1 N–H and O–H groups in total. The normalized spacial score (nSPS) is 12.1. The number of amides is 1. The summed E-state index contributed by atoms with van der Waals surface area (Å²) in [5.41, 5.74) is 0.858. The number of halogens is 1. The van der Waals surface area contributed by atoms with E-state index in [2.05, 4.69) is 5.32 Å². The van der Waals surface area contributed by atoms with Crippen LogP contribution in [0.2, 0.25) is 5.02 Å². The molecule has 4 nitrogen and oxygen atoms in total. The van der Waals surface area contributed by atoms with Crippen molar-refractivity contribution in [1.29, 1.82) is 0 Å². The number of hydrogen-bond acceptors (Lipinski definition) is 3. The lowest BCUT2D eigenvalue weighted by Gasteiger charge is -2.13. The lowest BCUT2D eigenvalue weighted by Crippen LogP contribution is -2.37. The second-order valence-corrected chi connectivity index (χ2v) is 6.10. The summed E-state index contributed by atoms with van der Waals surface area (Å²) in [6.45, 7) is 1.90. The Bertz CT molecular complexity index is 793. The fraction of sp³-hybridized carbons (Fsp3) is 0.211. The standard InChI is InChI=1S/C19H18ClNO3/c1-13(10-17-11-14-4-2-3-5-18(14)24-17)21-19(22)12-23-16-8-6-15(20)7-9-16/h2-9,11,13H,10,12H2,1H3,(H,21,22)/t13-/m1/s1. The van der Waals surface area contributed by atoms with E-state index in [0.717, 1.165) is 16.7 Å². The number of para-hydroxylation sites is 1. The Hall–Kier alpha value is -2.46. The maximum absolute atomic E-state index is 12.0. The van der Waals surface area contributed by atoms with Gasteiger partial charge in [-0.1, -0.05) is 29.8 Å². The van der Waals surface area contributed by atoms with Gasteiger partial charge in [-0.15, -0.1) is 0 Å². The van der Waals surface area contributed by atoms with E-state index >= 15 is 0 Å². The van der Waals surface area contributed by atoms with Gasteiger partial charge in [-0.05, 0) is 43.3 Å². The first kappa shape index (κ1) is 16.4. The summed E-state index contributed by atoms with van der Waals surface area (Å²) in [7, 11) is 0.